The fraction of sp³-hybridized carbons (Fsp3) is 0.391. The minimum atomic E-state index is -0.0852. The topological polar surface area (TPSA) is 69.6 Å². The number of rotatable bonds is 4. The quantitative estimate of drug-likeness (QED) is 0.859. The second kappa shape index (κ2) is 7.30. The van der Waals surface area contributed by atoms with Gasteiger partial charge in [-0.1, -0.05) is 29.8 Å². The summed E-state index contributed by atoms with van der Waals surface area (Å²) in [5.74, 6) is 0.443. The van der Waals surface area contributed by atoms with Gasteiger partial charge in [0.25, 0.3) is 5.91 Å². The Bertz CT molecular complexity index is 903. The summed E-state index contributed by atoms with van der Waals surface area (Å²) in [6.07, 6.45) is 1.92. The van der Waals surface area contributed by atoms with Crippen molar-refractivity contribution in [3.05, 3.63) is 64.7 Å². The van der Waals surface area contributed by atoms with E-state index in [1.165, 1.54) is 5.56 Å². The number of aromatic hydroxyl groups is 1. The molecule has 1 aliphatic carbocycles. The van der Waals surface area contributed by atoms with E-state index in [1.807, 2.05) is 11.8 Å². The molecule has 2 N–H and O–H groups in total. The molecule has 2 aliphatic rings. The van der Waals surface area contributed by atoms with Crippen LogP contribution in [-0.2, 0) is 4.79 Å². The van der Waals surface area contributed by atoms with Crippen molar-refractivity contribution in [2.75, 3.05) is 13.1 Å². The molecule has 5 nitrogen and oxygen atoms in total. The van der Waals surface area contributed by atoms with Gasteiger partial charge >= 0.3 is 0 Å². The van der Waals surface area contributed by atoms with Crippen molar-refractivity contribution in [3.63, 3.8) is 0 Å². The van der Waals surface area contributed by atoms with Crippen molar-refractivity contribution < 1.29 is 14.7 Å². The third kappa shape index (κ3) is 3.75. The van der Waals surface area contributed by atoms with Crippen LogP contribution in [0.5, 0.6) is 5.75 Å². The van der Waals surface area contributed by atoms with Gasteiger partial charge in [0.15, 0.2) is 0 Å². The fourth-order valence-corrected chi connectivity index (χ4v) is 3.88. The van der Waals surface area contributed by atoms with Gasteiger partial charge in [-0.05, 0) is 56.0 Å². The van der Waals surface area contributed by atoms with Crippen LogP contribution in [0.15, 0.2) is 42.5 Å². The molecule has 4 rings (SSSR count). The van der Waals surface area contributed by atoms with E-state index in [0.29, 0.717) is 24.2 Å². The number of carbonyl (C=O) groups excluding carboxylic acids is 2. The summed E-state index contributed by atoms with van der Waals surface area (Å²) in [5.41, 5.74) is 3.57. The van der Waals surface area contributed by atoms with E-state index in [2.05, 4.69) is 29.6 Å². The Hall–Kier alpha value is -2.82. The number of nitrogens with one attached hydrogen (secondary N) is 1. The van der Waals surface area contributed by atoms with Crippen LogP contribution in [-0.4, -0.2) is 41.0 Å². The van der Waals surface area contributed by atoms with E-state index < -0.39 is 0 Å². The normalized spacial score (nSPS) is 21.6. The van der Waals surface area contributed by atoms with Crippen molar-refractivity contribution in [1.29, 1.82) is 0 Å². The molecule has 2 aromatic rings. The molecule has 0 spiro atoms. The van der Waals surface area contributed by atoms with Crippen LogP contribution in [0.2, 0.25) is 0 Å². The number of likely N-dealkylation sites (tertiary alicyclic amines) is 1. The van der Waals surface area contributed by atoms with Gasteiger partial charge in [0, 0.05) is 30.5 Å². The van der Waals surface area contributed by atoms with E-state index in [4.69, 9.17) is 0 Å². The Morgan fingerprint density at radius 1 is 1.04 bits per heavy atom. The van der Waals surface area contributed by atoms with Crippen LogP contribution in [0.3, 0.4) is 0 Å². The minimum absolute atomic E-state index is 0.0663. The maximum absolute atomic E-state index is 13.1. The number of nitrogens with zero attached hydrogens (tertiary/aromatic N) is 1. The SMILES string of the molecule is Cc1ccc([C@@H]2CN(C(=O)c3ccc(O)c(C)c3)C[C@H]2NC(=O)C2CC2)cc1. The largest absolute Gasteiger partial charge is 0.508 e. The molecule has 0 radical (unpaired) electrons. The predicted molar refractivity (Wildman–Crippen MR) is 107 cm³/mol. The van der Waals surface area contributed by atoms with Crippen molar-refractivity contribution in [3.8, 4) is 5.75 Å². The fourth-order valence-electron chi connectivity index (χ4n) is 3.88. The maximum atomic E-state index is 13.1. The van der Waals surface area contributed by atoms with Crippen LogP contribution < -0.4 is 5.32 Å². The molecule has 2 fully saturated rings. The van der Waals surface area contributed by atoms with Crippen LogP contribution in [0.1, 0.15) is 45.8 Å². The highest BCUT2D eigenvalue weighted by Gasteiger charge is 2.39. The van der Waals surface area contributed by atoms with Crippen molar-refractivity contribution in [2.24, 2.45) is 5.92 Å². The summed E-state index contributed by atoms with van der Waals surface area (Å²) in [5, 5.41) is 12.9. The summed E-state index contributed by atoms with van der Waals surface area (Å²) < 4.78 is 0. The van der Waals surface area contributed by atoms with Crippen molar-refractivity contribution in [2.45, 2.75) is 38.6 Å². The number of amides is 2. The molecule has 2 aromatic carbocycles. The van der Waals surface area contributed by atoms with Gasteiger partial charge in [0.2, 0.25) is 5.91 Å². The average Bonchev–Trinajstić information content (AvgIpc) is 3.45. The van der Waals surface area contributed by atoms with Gasteiger partial charge in [0.1, 0.15) is 5.75 Å². The lowest BCUT2D eigenvalue weighted by Crippen LogP contribution is -2.41. The van der Waals surface area contributed by atoms with Gasteiger partial charge in [-0.15, -0.1) is 0 Å². The van der Waals surface area contributed by atoms with Crippen molar-refractivity contribution >= 4 is 11.8 Å². The molecular formula is C23H26N2O3. The number of aryl methyl sites for hydroxylation is 2. The molecular weight excluding hydrogens is 352 g/mol. The van der Waals surface area contributed by atoms with Crippen LogP contribution >= 0.6 is 0 Å². The minimum Gasteiger partial charge on any atom is -0.508 e. The van der Waals surface area contributed by atoms with Gasteiger partial charge in [0.05, 0.1) is 6.04 Å². The van der Waals surface area contributed by atoms with Crippen molar-refractivity contribution in [1.82, 2.24) is 10.2 Å². The van der Waals surface area contributed by atoms with Crippen LogP contribution in [0.4, 0.5) is 0 Å². The summed E-state index contributed by atoms with van der Waals surface area (Å²) in [6.45, 7) is 4.89. The smallest absolute Gasteiger partial charge is 0.253 e. The number of phenols is 1. The average molecular weight is 378 g/mol. The number of hydrogen-bond acceptors (Lipinski definition) is 3. The summed E-state index contributed by atoms with van der Waals surface area (Å²) in [7, 11) is 0. The van der Waals surface area contributed by atoms with E-state index in [1.54, 1.807) is 25.1 Å². The Morgan fingerprint density at radius 3 is 2.39 bits per heavy atom. The van der Waals surface area contributed by atoms with Gasteiger partial charge in [-0.2, -0.15) is 0 Å². The first kappa shape index (κ1) is 18.5. The zero-order valence-electron chi connectivity index (χ0n) is 16.3. The first-order valence-corrected chi connectivity index (χ1v) is 9.88. The summed E-state index contributed by atoms with van der Waals surface area (Å²) >= 11 is 0. The molecule has 0 bridgehead atoms. The molecule has 1 saturated heterocycles. The molecule has 2 atom stereocenters. The number of phenolic OH excluding ortho intramolecular Hbond substituents is 1. The Morgan fingerprint density at radius 2 is 1.75 bits per heavy atom. The molecule has 0 unspecified atom stereocenters. The summed E-state index contributed by atoms with van der Waals surface area (Å²) in [4.78, 5) is 27.2. The predicted octanol–water partition coefficient (Wildman–Crippen LogP) is 3.14. The lowest BCUT2D eigenvalue weighted by atomic mass is 9.93. The van der Waals surface area contributed by atoms with Gasteiger partial charge < -0.3 is 15.3 Å². The van der Waals surface area contributed by atoms with Crippen LogP contribution in [0.25, 0.3) is 0 Å². The van der Waals surface area contributed by atoms with E-state index in [9.17, 15) is 14.7 Å². The number of hydrogen-bond donors (Lipinski definition) is 2. The monoisotopic (exact) mass is 378 g/mol. The molecule has 1 aliphatic heterocycles. The number of benzene rings is 2. The summed E-state index contributed by atoms with van der Waals surface area (Å²) in [6, 6.07) is 13.2. The van der Waals surface area contributed by atoms with Gasteiger partial charge in [-0.3, -0.25) is 9.59 Å². The maximum Gasteiger partial charge on any atom is 0.253 e. The first-order chi connectivity index (χ1) is 13.4. The van der Waals surface area contributed by atoms with E-state index >= 15 is 0 Å². The third-order valence-electron chi connectivity index (χ3n) is 5.83. The molecule has 146 valence electrons. The molecule has 1 heterocycles. The highest BCUT2D eigenvalue weighted by Crippen LogP contribution is 2.33. The lowest BCUT2D eigenvalue weighted by molar-refractivity contribution is -0.123. The standard InChI is InChI=1S/C23H26N2O3/c1-14-3-5-16(6-4-14)19-12-25(13-20(19)24-22(27)17-7-8-17)23(28)18-9-10-21(26)15(2)11-18/h3-6,9-11,17,19-20,26H,7-8,12-13H2,1-2H3,(H,24,27)/t19-,20+/m0/s1. The molecule has 5 heteroatoms. The highest BCUT2D eigenvalue weighted by molar-refractivity contribution is 5.95. The third-order valence-corrected chi connectivity index (χ3v) is 5.83. The van der Waals surface area contributed by atoms with E-state index in [0.717, 1.165) is 18.4 Å². The molecule has 28 heavy (non-hydrogen) atoms. The lowest BCUT2D eigenvalue weighted by Gasteiger charge is -2.20. The second-order valence-corrected chi connectivity index (χ2v) is 8.12. The Balaban J connectivity index is 1.57. The molecule has 0 aromatic heterocycles. The molecule has 2 amide bonds. The molecule has 1 saturated carbocycles. The first-order valence-electron chi connectivity index (χ1n) is 9.88. The Kier molecular flexibility index (Phi) is 4.84. The highest BCUT2D eigenvalue weighted by atomic mass is 16.3. The zero-order chi connectivity index (χ0) is 19.8. The number of carbonyl (C=O) groups is 2. The van der Waals surface area contributed by atoms with Gasteiger partial charge in [-0.25, -0.2) is 0 Å². The van der Waals surface area contributed by atoms with E-state index in [-0.39, 0.29) is 35.4 Å². The Labute approximate surface area is 165 Å². The zero-order valence-corrected chi connectivity index (χ0v) is 16.3. The van der Waals surface area contributed by atoms with Crippen LogP contribution in [0, 0.1) is 19.8 Å². The second-order valence-electron chi connectivity index (χ2n) is 8.12.